The lowest BCUT2D eigenvalue weighted by molar-refractivity contribution is 0.534. The number of rotatable bonds is 1. The molecule has 3 aromatic rings. The van der Waals surface area contributed by atoms with E-state index in [2.05, 4.69) is 0 Å². The molecule has 0 fully saturated rings. The Hall–Kier alpha value is -1.92. The first-order valence-corrected chi connectivity index (χ1v) is 6.49. The Bertz CT molecular complexity index is 930. The van der Waals surface area contributed by atoms with Gasteiger partial charge < -0.3 is 4.42 Å². The zero-order valence-corrected chi connectivity index (χ0v) is 11.6. The Morgan fingerprint density at radius 2 is 1.70 bits per heavy atom. The third kappa shape index (κ3) is 2.17. The van der Waals surface area contributed by atoms with Gasteiger partial charge >= 0.3 is 0 Å². The standard InChI is InChI=1S/C14H7F2NOS2/c15-8-2-1-3-10(6-8)17-13(19)11-7-9(16)4-5-12(11)18-14(17)20/h1-7H. The molecule has 6 heteroatoms. The molecule has 0 saturated heterocycles. The Morgan fingerprint density at radius 1 is 0.950 bits per heavy atom. The van der Waals surface area contributed by atoms with Crippen molar-refractivity contribution in [3.05, 3.63) is 63.6 Å². The second kappa shape index (κ2) is 4.88. The van der Waals surface area contributed by atoms with Crippen molar-refractivity contribution in [1.29, 1.82) is 0 Å². The normalized spacial score (nSPS) is 10.9. The minimum atomic E-state index is -0.429. The summed E-state index contributed by atoms with van der Waals surface area (Å²) in [6.07, 6.45) is 0. The van der Waals surface area contributed by atoms with Crippen LogP contribution in [0.5, 0.6) is 0 Å². The summed E-state index contributed by atoms with van der Waals surface area (Å²) in [6, 6.07) is 9.78. The number of hydrogen-bond donors (Lipinski definition) is 0. The molecule has 0 bridgehead atoms. The Kier molecular flexibility index (Phi) is 3.19. The maximum absolute atomic E-state index is 13.3. The van der Waals surface area contributed by atoms with Crippen molar-refractivity contribution in [3.8, 4) is 5.69 Å². The lowest BCUT2D eigenvalue weighted by atomic mass is 10.2. The largest absolute Gasteiger partial charge is 0.431 e. The molecule has 0 aliphatic carbocycles. The lowest BCUT2D eigenvalue weighted by Gasteiger charge is -2.08. The van der Waals surface area contributed by atoms with Crippen LogP contribution in [-0.4, -0.2) is 4.57 Å². The first-order chi connectivity index (χ1) is 9.56. The predicted molar refractivity (Wildman–Crippen MR) is 77.1 cm³/mol. The fraction of sp³-hybridized carbons (Fsp3) is 0. The van der Waals surface area contributed by atoms with Gasteiger partial charge in [-0.15, -0.1) is 0 Å². The summed E-state index contributed by atoms with van der Waals surface area (Å²) in [5.74, 6) is -0.847. The van der Waals surface area contributed by atoms with Gasteiger partial charge in [0, 0.05) is 0 Å². The molecule has 0 atom stereocenters. The van der Waals surface area contributed by atoms with Crippen LogP contribution in [0.3, 0.4) is 0 Å². The molecule has 0 N–H and O–H groups in total. The Morgan fingerprint density at radius 3 is 2.45 bits per heavy atom. The smallest absolute Gasteiger partial charge is 0.274 e. The Labute approximate surface area is 122 Å². The number of hydrogen-bond acceptors (Lipinski definition) is 3. The van der Waals surface area contributed by atoms with Crippen molar-refractivity contribution in [2.45, 2.75) is 0 Å². The second-order valence-electron chi connectivity index (χ2n) is 4.13. The SMILES string of the molecule is Fc1cccc(-n2c(=S)oc3ccc(F)cc3c2=S)c1. The van der Waals surface area contributed by atoms with Gasteiger partial charge in [-0.05, 0) is 48.6 Å². The van der Waals surface area contributed by atoms with E-state index >= 15 is 0 Å². The molecule has 2 nitrogen and oxygen atoms in total. The zero-order valence-electron chi connectivity index (χ0n) is 9.97. The molecule has 100 valence electrons. The van der Waals surface area contributed by atoms with E-state index < -0.39 is 11.6 Å². The number of fused-ring (bicyclic) bond motifs is 1. The van der Waals surface area contributed by atoms with Crippen LogP contribution in [0.1, 0.15) is 0 Å². The summed E-state index contributed by atoms with van der Waals surface area (Å²) >= 11 is 10.5. The van der Waals surface area contributed by atoms with Crippen molar-refractivity contribution < 1.29 is 13.2 Å². The van der Waals surface area contributed by atoms with Gasteiger partial charge in [0.15, 0.2) is 0 Å². The van der Waals surface area contributed by atoms with Gasteiger partial charge in [0.1, 0.15) is 21.9 Å². The average Bonchev–Trinajstić information content (AvgIpc) is 2.40. The molecule has 0 radical (unpaired) electrons. The van der Waals surface area contributed by atoms with Gasteiger partial charge in [-0.2, -0.15) is 0 Å². The third-order valence-electron chi connectivity index (χ3n) is 2.82. The fourth-order valence-corrected chi connectivity index (χ4v) is 2.63. The van der Waals surface area contributed by atoms with Gasteiger partial charge in [-0.1, -0.05) is 18.3 Å². The molecule has 0 unspecified atom stereocenters. The summed E-state index contributed by atoms with van der Waals surface area (Å²) in [4.78, 5) is 0.0831. The van der Waals surface area contributed by atoms with Gasteiger partial charge in [0.25, 0.3) is 4.84 Å². The van der Waals surface area contributed by atoms with E-state index in [0.717, 1.165) is 0 Å². The molecule has 0 aliphatic heterocycles. The highest BCUT2D eigenvalue weighted by molar-refractivity contribution is 7.72. The molecule has 3 rings (SSSR count). The highest BCUT2D eigenvalue weighted by atomic mass is 32.1. The van der Waals surface area contributed by atoms with Gasteiger partial charge in [-0.3, -0.25) is 4.57 Å². The summed E-state index contributed by atoms with van der Waals surface area (Å²) < 4.78 is 33.8. The molecule has 0 saturated carbocycles. The lowest BCUT2D eigenvalue weighted by Crippen LogP contribution is -2.00. The molecule has 0 spiro atoms. The first kappa shape index (κ1) is 13.1. The average molecular weight is 307 g/mol. The van der Waals surface area contributed by atoms with Crippen molar-refractivity contribution in [1.82, 2.24) is 4.57 Å². The van der Waals surface area contributed by atoms with Crippen molar-refractivity contribution in [2.75, 3.05) is 0 Å². The van der Waals surface area contributed by atoms with Gasteiger partial charge in [-0.25, -0.2) is 8.78 Å². The van der Waals surface area contributed by atoms with E-state index in [9.17, 15) is 8.78 Å². The molecule has 20 heavy (non-hydrogen) atoms. The van der Waals surface area contributed by atoms with Crippen LogP contribution in [0.2, 0.25) is 0 Å². The number of halogens is 2. The van der Waals surface area contributed by atoms with Crippen LogP contribution in [0, 0.1) is 21.1 Å². The molecular formula is C14H7F2NOS2. The summed E-state index contributed by atoms with van der Waals surface area (Å²) in [6.45, 7) is 0. The van der Waals surface area contributed by atoms with Crippen molar-refractivity contribution in [3.63, 3.8) is 0 Å². The summed E-state index contributed by atoms with van der Waals surface area (Å²) in [5, 5.41) is 0.415. The van der Waals surface area contributed by atoms with Gasteiger partial charge in [0.05, 0.1) is 11.1 Å². The maximum atomic E-state index is 13.3. The highest BCUT2D eigenvalue weighted by Crippen LogP contribution is 2.21. The third-order valence-corrected chi connectivity index (χ3v) is 3.49. The van der Waals surface area contributed by atoms with Crippen LogP contribution >= 0.6 is 24.4 Å². The molecule has 1 aromatic heterocycles. The first-order valence-electron chi connectivity index (χ1n) is 5.67. The van der Waals surface area contributed by atoms with E-state index in [4.69, 9.17) is 28.9 Å². The Balaban J connectivity index is 2.42. The number of aromatic nitrogens is 1. The summed E-state index contributed by atoms with van der Waals surface area (Å²) in [7, 11) is 0. The zero-order chi connectivity index (χ0) is 14.3. The van der Waals surface area contributed by atoms with Crippen LogP contribution in [0.15, 0.2) is 46.9 Å². The quantitative estimate of drug-likeness (QED) is 0.592. The van der Waals surface area contributed by atoms with Crippen molar-refractivity contribution in [2.24, 2.45) is 0 Å². The summed E-state index contributed by atoms with van der Waals surface area (Å²) in [5.41, 5.74) is 0.837. The maximum Gasteiger partial charge on any atom is 0.274 e. The van der Waals surface area contributed by atoms with Crippen LogP contribution in [0.25, 0.3) is 16.7 Å². The minimum Gasteiger partial charge on any atom is -0.431 e. The van der Waals surface area contributed by atoms with Crippen LogP contribution in [0.4, 0.5) is 8.78 Å². The molecular weight excluding hydrogens is 300 g/mol. The topological polar surface area (TPSA) is 18.1 Å². The number of nitrogens with zero attached hydrogens (tertiary/aromatic N) is 1. The van der Waals surface area contributed by atoms with E-state index in [1.807, 2.05) is 0 Å². The van der Waals surface area contributed by atoms with E-state index in [1.165, 1.54) is 41.0 Å². The molecule has 2 aromatic carbocycles. The van der Waals surface area contributed by atoms with Crippen LogP contribution in [-0.2, 0) is 0 Å². The monoisotopic (exact) mass is 307 g/mol. The van der Waals surface area contributed by atoms with E-state index in [-0.39, 0.29) is 9.48 Å². The molecule has 0 aliphatic rings. The van der Waals surface area contributed by atoms with Crippen molar-refractivity contribution >= 4 is 35.4 Å². The molecule has 0 amide bonds. The highest BCUT2D eigenvalue weighted by Gasteiger charge is 2.08. The number of benzene rings is 2. The predicted octanol–water partition coefficient (Wildman–Crippen LogP) is 4.96. The second-order valence-corrected chi connectivity index (χ2v) is 4.86. The van der Waals surface area contributed by atoms with E-state index in [0.29, 0.717) is 16.7 Å². The van der Waals surface area contributed by atoms with Crippen LogP contribution < -0.4 is 0 Å². The molecule has 1 heterocycles. The van der Waals surface area contributed by atoms with Gasteiger partial charge in [0.2, 0.25) is 0 Å². The minimum absolute atomic E-state index is 0.0831. The van der Waals surface area contributed by atoms with E-state index in [1.54, 1.807) is 6.07 Å². The fourth-order valence-electron chi connectivity index (χ4n) is 1.94.